The molecule has 12 heavy (non-hydrogen) atoms. The molecule has 72 valence electrons. The van der Waals surface area contributed by atoms with Crippen molar-refractivity contribution in [1.82, 2.24) is 0 Å². The lowest BCUT2D eigenvalue weighted by Crippen LogP contribution is -2.25. The van der Waals surface area contributed by atoms with E-state index in [0.29, 0.717) is 6.04 Å². The van der Waals surface area contributed by atoms with Crippen LogP contribution >= 0.6 is 0 Å². The van der Waals surface area contributed by atoms with Gasteiger partial charge in [0.05, 0.1) is 0 Å². The smallest absolute Gasteiger partial charge is 0.00131 e. The van der Waals surface area contributed by atoms with Crippen molar-refractivity contribution < 1.29 is 0 Å². The van der Waals surface area contributed by atoms with Crippen LogP contribution in [0.1, 0.15) is 39.0 Å². The zero-order valence-corrected chi connectivity index (χ0v) is 8.13. The SMILES string of the molecule is CC(N)CC1CCC(CN)CC1. The Kier molecular flexibility index (Phi) is 4.02. The topological polar surface area (TPSA) is 52.0 Å². The lowest BCUT2D eigenvalue weighted by atomic mass is 9.79. The Hall–Kier alpha value is -0.0800. The Balaban J connectivity index is 2.17. The number of rotatable bonds is 3. The van der Waals surface area contributed by atoms with E-state index < -0.39 is 0 Å². The molecule has 0 aromatic rings. The van der Waals surface area contributed by atoms with Gasteiger partial charge in [0.2, 0.25) is 0 Å². The lowest BCUT2D eigenvalue weighted by Gasteiger charge is -2.28. The minimum Gasteiger partial charge on any atom is -0.330 e. The highest BCUT2D eigenvalue weighted by atomic mass is 14.6. The fourth-order valence-corrected chi connectivity index (χ4v) is 2.23. The van der Waals surface area contributed by atoms with Crippen LogP contribution in [0.2, 0.25) is 0 Å². The Morgan fingerprint density at radius 2 is 1.67 bits per heavy atom. The van der Waals surface area contributed by atoms with Crippen molar-refractivity contribution in [2.24, 2.45) is 23.3 Å². The van der Waals surface area contributed by atoms with Crippen molar-refractivity contribution in [3.63, 3.8) is 0 Å². The summed E-state index contributed by atoms with van der Waals surface area (Å²) in [6, 6.07) is 0.379. The summed E-state index contributed by atoms with van der Waals surface area (Å²) in [6.45, 7) is 2.99. The molecule has 1 atom stereocenters. The number of hydrogen-bond donors (Lipinski definition) is 2. The second kappa shape index (κ2) is 4.83. The van der Waals surface area contributed by atoms with Gasteiger partial charge in [0.15, 0.2) is 0 Å². The highest BCUT2D eigenvalue weighted by Crippen LogP contribution is 2.30. The number of nitrogens with two attached hydrogens (primary N) is 2. The van der Waals surface area contributed by atoms with Crippen molar-refractivity contribution in [3.8, 4) is 0 Å². The summed E-state index contributed by atoms with van der Waals surface area (Å²) in [4.78, 5) is 0. The molecule has 2 nitrogen and oxygen atoms in total. The van der Waals surface area contributed by atoms with Crippen LogP contribution in [0.4, 0.5) is 0 Å². The van der Waals surface area contributed by atoms with Gasteiger partial charge in [-0.25, -0.2) is 0 Å². The van der Waals surface area contributed by atoms with Gasteiger partial charge in [-0.15, -0.1) is 0 Å². The average Bonchev–Trinajstić information content (AvgIpc) is 2.05. The van der Waals surface area contributed by atoms with Crippen molar-refractivity contribution >= 4 is 0 Å². The normalized spacial score (nSPS) is 33.2. The minimum absolute atomic E-state index is 0.379. The van der Waals surface area contributed by atoms with E-state index in [0.717, 1.165) is 18.4 Å². The maximum Gasteiger partial charge on any atom is 0.00131 e. The van der Waals surface area contributed by atoms with Crippen LogP contribution in [-0.4, -0.2) is 12.6 Å². The second-order valence-corrected chi connectivity index (χ2v) is 4.34. The molecule has 1 aliphatic rings. The zero-order valence-electron chi connectivity index (χ0n) is 8.13. The molecule has 0 aliphatic heterocycles. The molecule has 0 aromatic carbocycles. The Morgan fingerprint density at radius 1 is 1.17 bits per heavy atom. The molecule has 1 unspecified atom stereocenters. The lowest BCUT2D eigenvalue weighted by molar-refractivity contribution is 0.259. The Bertz CT molecular complexity index is 115. The Labute approximate surface area is 75.7 Å². The molecule has 4 N–H and O–H groups in total. The third-order valence-electron chi connectivity index (χ3n) is 3.00. The summed E-state index contributed by atoms with van der Waals surface area (Å²) in [7, 11) is 0. The van der Waals surface area contributed by atoms with Gasteiger partial charge in [-0.1, -0.05) is 12.8 Å². The maximum atomic E-state index is 5.77. The standard InChI is InChI=1S/C10H22N2/c1-8(12)6-9-2-4-10(7-11)5-3-9/h8-10H,2-7,11-12H2,1H3. The summed E-state index contributed by atoms with van der Waals surface area (Å²) in [5.74, 6) is 1.68. The van der Waals surface area contributed by atoms with E-state index in [-0.39, 0.29) is 0 Å². The third-order valence-corrected chi connectivity index (χ3v) is 3.00. The van der Waals surface area contributed by atoms with Crippen LogP contribution in [0.25, 0.3) is 0 Å². The molecule has 0 heterocycles. The first-order chi connectivity index (χ1) is 5.72. The fourth-order valence-electron chi connectivity index (χ4n) is 2.23. The van der Waals surface area contributed by atoms with Gasteiger partial charge >= 0.3 is 0 Å². The van der Waals surface area contributed by atoms with Crippen LogP contribution in [0.15, 0.2) is 0 Å². The van der Waals surface area contributed by atoms with E-state index in [4.69, 9.17) is 11.5 Å². The van der Waals surface area contributed by atoms with Crippen LogP contribution in [-0.2, 0) is 0 Å². The van der Waals surface area contributed by atoms with Gasteiger partial charge in [0.25, 0.3) is 0 Å². The molecule has 2 heteroatoms. The first-order valence-corrected chi connectivity index (χ1v) is 5.18. The van der Waals surface area contributed by atoms with E-state index in [1.165, 1.54) is 32.1 Å². The van der Waals surface area contributed by atoms with Gasteiger partial charge in [-0.2, -0.15) is 0 Å². The van der Waals surface area contributed by atoms with E-state index in [2.05, 4.69) is 6.92 Å². The molecule has 0 bridgehead atoms. The maximum absolute atomic E-state index is 5.77. The van der Waals surface area contributed by atoms with Gasteiger partial charge in [0, 0.05) is 6.04 Å². The highest BCUT2D eigenvalue weighted by Gasteiger charge is 2.20. The predicted molar refractivity (Wildman–Crippen MR) is 52.8 cm³/mol. The number of hydrogen-bond acceptors (Lipinski definition) is 2. The van der Waals surface area contributed by atoms with E-state index >= 15 is 0 Å². The molecule has 0 aromatic heterocycles. The molecule has 0 saturated heterocycles. The monoisotopic (exact) mass is 170 g/mol. The average molecular weight is 170 g/mol. The molecular weight excluding hydrogens is 148 g/mol. The molecule has 1 fully saturated rings. The van der Waals surface area contributed by atoms with Crippen LogP contribution in [0.5, 0.6) is 0 Å². The van der Waals surface area contributed by atoms with Gasteiger partial charge < -0.3 is 11.5 Å². The van der Waals surface area contributed by atoms with Crippen molar-refractivity contribution in [1.29, 1.82) is 0 Å². The predicted octanol–water partition coefficient (Wildman–Crippen LogP) is 1.49. The zero-order chi connectivity index (χ0) is 8.97. The summed E-state index contributed by atoms with van der Waals surface area (Å²) in [5.41, 5.74) is 11.4. The van der Waals surface area contributed by atoms with Gasteiger partial charge in [-0.05, 0) is 44.6 Å². The first kappa shape index (κ1) is 10.0. The van der Waals surface area contributed by atoms with Crippen LogP contribution in [0.3, 0.4) is 0 Å². The van der Waals surface area contributed by atoms with Crippen LogP contribution in [0, 0.1) is 11.8 Å². The van der Waals surface area contributed by atoms with E-state index in [1.54, 1.807) is 0 Å². The molecule has 0 radical (unpaired) electrons. The molecule has 0 spiro atoms. The summed E-state index contributed by atoms with van der Waals surface area (Å²) in [5, 5.41) is 0. The summed E-state index contributed by atoms with van der Waals surface area (Å²) >= 11 is 0. The summed E-state index contributed by atoms with van der Waals surface area (Å²) < 4.78 is 0. The van der Waals surface area contributed by atoms with Gasteiger partial charge in [0.1, 0.15) is 0 Å². The highest BCUT2D eigenvalue weighted by molar-refractivity contribution is 4.74. The Morgan fingerprint density at radius 3 is 2.08 bits per heavy atom. The van der Waals surface area contributed by atoms with Crippen molar-refractivity contribution in [3.05, 3.63) is 0 Å². The molecule has 0 amide bonds. The third kappa shape index (κ3) is 3.11. The molecule has 1 rings (SSSR count). The first-order valence-electron chi connectivity index (χ1n) is 5.18. The van der Waals surface area contributed by atoms with Gasteiger partial charge in [-0.3, -0.25) is 0 Å². The summed E-state index contributed by atoms with van der Waals surface area (Å²) in [6.07, 6.45) is 6.56. The molecule has 1 saturated carbocycles. The molecular formula is C10H22N2. The van der Waals surface area contributed by atoms with Crippen LogP contribution < -0.4 is 11.5 Å². The second-order valence-electron chi connectivity index (χ2n) is 4.34. The minimum atomic E-state index is 0.379. The van der Waals surface area contributed by atoms with Crippen molar-refractivity contribution in [2.75, 3.05) is 6.54 Å². The largest absolute Gasteiger partial charge is 0.330 e. The van der Waals surface area contributed by atoms with Crippen molar-refractivity contribution in [2.45, 2.75) is 45.1 Å². The quantitative estimate of drug-likeness (QED) is 0.674. The van der Waals surface area contributed by atoms with E-state index in [1.807, 2.05) is 0 Å². The molecule has 1 aliphatic carbocycles. The fraction of sp³-hybridized carbons (Fsp3) is 1.00. The van der Waals surface area contributed by atoms with E-state index in [9.17, 15) is 0 Å².